The largest absolute Gasteiger partial charge is 0.493 e. The quantitative estimate of drug-likeness (QED) is 0.658. The number of ether oxygens (including phenoxy) is 2. The van der Waals surface area contributed by atoms with Gasteiger partial charge in [-0.1, -0.05) is 24.3 Å². The molecule has 0 aliphatic carbocycles. The van der Waals surface area contributed by atoms with E-state index in [4.69, 9.17) is 14.7 Å². The fourth-order valence-corrected chi connectivity index (χ4v) is 2.71. The Bertz CT molecular complexity index is 1080. The molecule has 0 unspecified atom stereocenters. The van der Waals surface area contributed by atoms with Gasteiger partial charge in [-0.3, -0.25) is 9.78 Å². The highest BCUT2D eigenvalue weighted by molar-refractivity contribution is 6.06. The molecule has 0 saturated heterocycles. The topological polar surface area (TPSA) is 84.2 Å². The van der Waals surface area contributed by atoms with Gasteiger partial charge in [-0.05, 0) is 42.8 Å². The third-order valence-corrected chi connectivity index (χ3v) is 4.02. The lowest BCUT2D eigenvalue weighted by Crippen LogP contribution is -2.08. The van der Waals surface area contributed by atoms with Crippen molar-refractivity contribution in [3.05, 3.63) is 65.9 Å². The molecule has 0 aliphatic heterocycles. The Morgan fingerprint density at radius 2 is 2.07 bits per heavy atom. The summed E-state index contributed by atoms with van der Waals surface area (Å²) in [4.78, 5) is 16.9. The van der Waals surface area contributed by atoms with Gasteiger partial charge in [0.25, 0.3) is 0 Å². The number of carbonyl (C=O) groups is 1. The lowest BCUT2D eigenvalue weighted by molar-refractivity contribution is -0.111. The Labute approximate surface area is 163 Å². The summed E-state index contributed by atoms with van der Waals surface area (Å²) in [6, 6.07) is 16.7. The number of hydrogen-bond donors (Lipinski definition) is 1. The van der Waals surface area contributed by atoms with Gasteiger partial charge in [-0.15, -0.1) is 0 Å². The molecule has 1 heterocycles. The fraction of sp³-hybridized carbons (Fsp3) is 0.136. The molecule has 3 aromatic rings. The summed E-state index contributed by atoms with van der Waals surface area (Å²) in [6.07, 6.45) is 3.12. The molecule has 0 aliphatic rings. The van der Waals surface area contributed by atoms with Crippen LogP contribution in [0.3, 0.4) is 0 Å². The Morgan fingerprint density at radius 3 is 2.86 bits per heavy atom. The Hall–Kier alpha value is -3.85. The molecule has 3 rings (SSSR count). The number of anilines is 1. The highest BCUT2D eigenvalue weighted by atomic mass is 16.5. The summed E-state index contributed by atoms with van der Waals surface area (Å²) in [5.41, 5.74) is 3.07. The SMILES string of the molecule is COc1cc(C=CC(=O)Nc2cccc3ccc(C)nc23)ccc1OCC#N. The molecule has 0 fully saturated rings. The first-order valence-corrected chi connectivity index (χ1v) is 8.64. The average Bonchev–Trinajstić information content (AvgIpc) is 2.71. The van der Waals surface area contributed by atoms with Crippen LogP contribution in [0.25, 0.3) is 17.0 Å². The number of fused-ring (bicyclic) bond motifs is 1. The van der Waals surface area contributed by atoms with E-state index in [1.807, 2.05) is 43.3 Å². The number of aryl methyl sites for hydroxylation is 1. The lowest BCUT2D eigenvalue weighted by atomic mass is 10.1. The van der Waals surface area contributed by atoms with Crippen molar-refractivity contribution in [1.82, 2.24) is 4.98 Å². The van der Waals surface area contributed by atoms with E-state index in [-0.39, 0.29) is 12.5 Å². The Kier molecular flexibility index (Phi) is 5.87. The number of nitrogens with one attached hydrogen (secondary N) is 1. The van der Waals surface area contributed by atoms with Crippen LogP contribution in [0.5, 0.6) is 11.5 Å². The molecule has 2 aromatic carbocycles. The van der Waals surface area contributed by atoms with Gasteiger partial charge in [0.05, 0.1) is 18.3 Å². The minimum absolute atomic E-state index is 0.0630. The average molecular weight is 373 g/mol. The zero-order valence-corrected chi connectivity index (χ0v) is 15.6. The van der Waals surface area contributed by atoms with E-state index in [0.29, 0.717) is 17.2 Å². The lowest BCUT2D eigenvalue weighted by Gasteiger charge is -2.09. The maximum atomic E-state index is 12.4. The van der Waals surface area contributed by atoms with Crippen molar-refractivity contribution in [2.24, 2.45) is 0 Å². The van der Waals surface area contributed by atoms with Crippen LogP contribution in [0.1, 0.15) is 11.3 Å². The van der Waals surface area contributed by atoms with E-state index < -0.39 is 0 Å². The minimum Gasteiger partial charge on any atom is -0.493 e. The molecule has 0 radical (unpaired) electrons. The first kappa shape index (κ1) is 18.9. The number of methoxy groups -OCH3 is 1. The van der Waals surface area contributed by atoms with Crippen molar-refractivity contribution in [2.45, 2.75) is 6.92 Å². The van der Waals surface area contributed by atoms with Crippen molar-refractivity contribution >= 4 is 28.6 Å². The van der Waals surface area contributed by atoms with Crippen LogP contribution in [0.2, 0.25) is 0 Å². The predicted octanol–water partition coefficient (Wildman–Crippen LogP) is 4.11. The molecule has 0 spiro atoms. The molecule has 0 saturated carbocycles. The second-order valence-corrected chi connectivity index (χ2v) is 6.01. The van der Waals surface area contributed by atoms with Gasteiger partial charge in [0.1, 0.15) is 6.07 Å². The Balaban J connectivity index is 1.76. The van der Waals surface area contributed by atoms with Crippen LogP contribution < -0.4 is 14.8 Å². The molecule has 1 amide bonds. The molecular weight excluding hydrogens is 354 g/mol. The highest BCUT2D eigenvalue weighted by Crippen LogP contribution is 2.28. The Morgan fingerprint density at radius 1 is 1.21 bits per heavy atom. The predicted molar refractivity (Wildman–Crippen MR) is 108 cm³/mol. The molecule has 0 bridgehead atoms. The monoisotopic (exact) mass is 373 g/mol. The highest BCUT2D eigenvalue weighted by Gasteiger charge is 2.07. The van der Waals surface area contributed by atoms with Crippen molar-refractivity contribution in [3.63, 3.8) is 0 Å². The number of hydrogen-bond acceptors (Lipinski definition) is 5. The molecule has 6 heteroatoms. The summed E-state index contributed by atoms with van der Waals surface area (Å²) in [5, 5.41) is 12.5. The number of benzene rings is 2. The van der Waals surface area contributed by atoms with Gasteiger partial charge < -0.3 is 14.8 Å². The number of nitrogens with zero attached hydrogens (tertiary/aromatic N) is 2. The molecule has 0 atom stereocenters. The third-order valence-electron chi connectivity index (χ3n) is 4.02. The summed E-state index contributed by atoms with van der Waals surface area (Å²) < 4.78 is 10.6. The molecule has 140 valence electrons. The summed E-state index contributed by atoms with van der Waals surface area (Å²) in [6.45, 7) is 1.85. The minimum atomic E-state index is -0.264. The van der Waals surface area contributed by atoms with Gasteiger partial charge in [0.15, 0.2) is 18.1 Å². The van der Waals surface area contributed by atoms with Gasteiger partial charge in [0.2, 0.25) is 5.91 Å². The maximum absolute atomic E-state index is 12.4. The second kappa shape index (κ2) is 8.69. The van der Waals surface area contributed by atoms with Crippen LogP contribution in [0.15, 0.2) is 54.6 Å². The van der Waals surface area contributed by atoms with Crippen molar-refractivity contribution in [3.8, 4) is 17.6 Å². The van der Waals surface area contributed by atoms with Crippen molar-refractivity contribution in [1.29, 1.82) is 5.26 Å². The third kappa shape index (κ3) is 4.46. The van der Waals surface area contributed by atoms with E-state index in [2.05, 4.69) is 10.3 Å². The fourth-order valence-electron chi connectivity index (χ4n) is 2.71. The van der Waals surface area contributed by atoms with Gasteiger partial charge in [-0.2, -0.15) is 5.26 Å². The zero-order chi connectivity index (χ0) is 19.9. The molecule has 1 aromatic heterocycles. The van der Waals surface area contributed by atoms with Crippen LogP contribution in [-0.4, -0.2) is 24.6 Å². The van der Waals surface area contributed by atoms with E-state index >= 15 is 0 Å². The number of aromatic nitrogens is 1. The standard InChI is InChI=1S/C22H19N3O3/c1-15-6-9-17-4-3-5-18(22(17)24-15)25-21(26)11-8-16-7-10-19(28-13-12-23)20(14-16)27-2/h3-11,14H,13H2,1-2H3,(H,25,26). The van der Waals surface area contributed by atoms with Crippen LogP contribution in [-0.2, 0) is 4.79 Å². The second-order valence-electron chi connectivity index (χ2n) is 6.01. The van der Waals surface area contributed by atoms with Gasteiger partial charge >= 0.3 is 0 Å². The number of carbonyl (C=O) groups excluding carboxylic acids is 1. The number of para-hydroxylation sites is 1. The maximum Gasteiger partial charge on any atom is 0.248 e. The van der Waals surface area contributed by atoms with Crippen LogP contribution in [0, 0.1) is 18.3 Å². The molecule has 1 N–H and O–H groups in total. The van der Waals surface area contributed by atoms with E-state index in [1.54, 1.807) is 24.3 Å². The summed E-state index contributed by atoms with van der Waals surface area (Å²) >= 11 is 0. The smallest absolute Gasteiger partial charge is 0.248 e. The number of amides is 1. The van der Waals surface area contributed by atoms with E-state index in [0.717, 1.165) is 22.2 Å². The van der Waals surface area contributed by atoms with E-state index in [1.165, 1.54) is 13.2 Å². The normalized spacial score (nSPS) is 10.6. The number of rotatable bonds is 6. The van der Waals surface area contributed by atoms with Crippen molar-refractivity contribution in [2.75, 3.05) is 19.0 Å². The zero-order valence-electron chi connectivity index (χ0n) is 15.6. The molecular formula is C22H19N3O3. The van der Waals surface area contributed by atoms with Gasteiger partial charge in [-0.25, -0.2) is 0 Å². The van der Waals surface area contributed by atoms with Crippen LogP contribution >= 0.6 is 0 Å². The molecule has 6 nitrogen and oxygen atoms in total. The van der Waals surface area contributed by atoms with Gasteiger partial charge in [0, 0.05) is 17.2 Å². The first-order valence-electron chi connectivity index (χ1n) is 8.64. The van der Waals surface area contributed by atoms with Crippen molar-refractivity contribution < 1.29 is 14.3 Å². The number of pyridine rings is 1. The van der Waals surface area contributed by atoms with E-state index in [9.17, 15) is 4.79 Å². The molecule has 28 heavy (non-hydrogen) atoms. The summed E-state index contributed by atoms with van der Waals surface area (Å²) in [5.74, 6) is 0.703. The van der Waals surface area contributed by atoms with Crippen LogP contribution in [0.4, 0.5) is 5.69 Å². The summed E-state index contributed by atoms with van der Waals surface area (Å²) in [7, 11) is 1.52. The number of nitriles is 1. The first-order chi connectivity index (χ1) is 13.6.